The van der Waals surface area contributed by atoms with Crippen LogP contribution >= 0.6 is 0 Å². The molecule has 1 aliphatic rings. The van der Waals surface area contributed by atoms with Crippen LogP contribution in [0, 0.1) is 5.92 Å². The van der Waals surface area contributed by atoms with Gasteiger partial charge in [-0.3, -0.25) is 0 Å². The van der Waals surface area contributed by atoms with Crippen LogP contribution in [0.1, 0.15) is 19.3 Å². The number of rotatable bonds is 0. The zero-order chi connectivity index (χ0) is 11.0. The molecule has 0 amide bonds. The first-order chi connectivity index (χ1) is 6.21. The first-order valence-electron chi connectivity index (χ1n) is 4.04. The summed E-state index contributed by atoms with van der Waals surface area (Å²) >= 11 is 0. The molecule has 0 aliphatic heterocycles. The molecule has 0 saturated carbocycles. The van der Waals surface area contributed by atoms with E-state index in [-0.39, 0.29) is 0 Å². The third-order valence-electron chi connectivity index (χ3n) is 2.24. The molecule has 0 N–H and O–H groups in total. The lowest BCUT2D eigenvalue weighted by atomic mass is 9.89. The summed E-state index contributed by atoms with van der Waals surface area (Å²) in [6.45, 7) is 0. The molecule has 1 atom stereocenters. The Morgan fingerprint density at radius 1 is 1.07 bits per heavy atom. The Morgan fingerprint density at radius 2 is 1.64 bits per heavy atom. The molecule has 0 bridgehead atoms. The predicted molar refractivity (Wildman–Crippen MR) is 37.5 cm³/mol. The Morgan fingerprint density at radius 3 is 1.93 bits per heavy atom. The highest BCUT2D eigenvalue weighted by atomic mass is 19.4. The van der Waals surface area contributed by atoms with Gasteiger partial charge in [0, 0.05) is 5.57 Å². The summed E-state index contributed by atoms with van der Waals surface area (Å²) in [4.78, 5) is 0. The molecule has 1 unspecified atom stereocenters. The van der Waals surface area contributed by atoms with Gasteiger partial charge >= 0.3 is 12.4 Å². The molecular formula is C8H8F6. The molecule has 1 rings (SSSR count). The van der Waals surface area contributed by atoms with Crippen molar-refractivity contribution in [1.82, 2.24) is 0 Å². The van der Waals surface area contributed by atoms with E-state index in [0.29, 0.717) is 6.08 Å². The van der Waals surface area contributed by atoms with Gasteiger partial charge in [-0.2, -0.15) is 26.3 Å². The number of halogens is 6. The van der Waals surface area contributed by atoms with E-state index in [4.69, 9.17) is 0 Å². The SMILES string of the molecule is FC(F)(F)C1=CCC(C(F)(F)F)CC1. The predicted octanol–water partition coefficient (Wildman–Crippen LogP) is 3.84. The van der Waals surface area contributed by atoms with Crippen LogP contribution < -0.4 is 0 Å². The van der Waals surface area contributed by atoms with Crippen molar-refractivity contribution in [2.45, 2.75) is 31.6 Å². The monoisotopic (exact) mass is 218 g/mol. The van der Waals surface area contributed by atoms with Gasteiger partial charge < -0.3 is 0 Å². The Bertz CT molecular complexity index is 233. The van der Waals surface area contributed by atoms with E-state index in [1.54, 1.807) is 0 Å². The van der Waals surface area contributed by atoms with Gasteiger partial charge in [-0.15, -0.1) is 0 Å². The second-order valence-corrected chi connectivity index (χ2v) is 3.24. The highest BCUT2D eigenvalue weighted by Gasteiger charge is 2.43. The van der Waals surface area contributed by atoms with Gasteiger partial charge in [0.1, 0.15) is 0 Å². The maximum absolute atomic E-state index is 12.1. The van der Waals surface area contributed by atoms with E-state index in [9.17, 15) is 26.3 Å². The topological polar surface area (TPSA) is 0 Å². The number of hydrogen-bond acceptors (Lipinski definition) is 0. The summed E-state index contributed by atoms with van der Waals surface area (Å²) in [6, 6.07) is 0. The van der Waals surface area contributed by atoms with Crippen molar-refractivity contribution in [2.24, 2.45) is 5.92 Å². The Balaban J connectivity index is 2.65. The van der Waals surface area contributed by atoms with Crippen molar-refractivity contribution in [2.75, 3.05) is 0 Å². The van der Waals surface area contributed by atoms with Crippen molar-refractivity contribution >= 4 is 0 Å². The lowest BCUT2D eigenvalue weighted by molar-refractivity contribution is -0.178. The van der Waals surface area contributed by atoms with E-state index >= 15 is 0 Å². The quantitative estimate of drug-likeness (QED) is 0.428. The number of hydrogen-bond donors (Lipinski definition) is 0. The molecular weight excluding hydrogens is 210 g/mol. The van der Waals surface area contributed by atoms with Crippen molar-refractivity contribution < 1.29 is 26.3 Å². The zero-order valence-corrected chi connectivity index (χ0v) is 7.04. The first-order valence-corrected chi connectivity index (χ1v) is 4.04. The highest BCUT2D eigenvalue weighted by molar-refractivity contribution is 5.12. The van der Waals surface area contributed by atoms with Crippen molar-refractivity contribution in [1.29, 1.82) is 0 Å². The standard InChI is InChI=1S/C8H8F6/c9-7(10,11)5-1-2-6(4-3-5)8(12,13)14/h1,6H,2-4H2. The molecule has 0 fully saturated rings. The second-order valence-electron chi connectivity index (χ2n) is 3.24. The molecule has 6 heteroatoms. The smallest absolute Gasteiger partial charge is 0.171 e. The van der Waals surface area contributed by atoms with Crippen LogP contribution in [0.25, 0.3) is 0 Å². The van der Waals surface area contributed by atoms with Crippen LogP contribution in [-0.2, 0) is 0 Å². The third kappa shape index (κ3) is 2.65. The van der Waals surface area contributed by atoms with Gasteiger partial charge in [0.25, 0.3) is 0 Å². The second kappa shape index (κ2) is 3.47. The van der Waals surface area contributed by atoms with Crippen LogP contribution in [0.15, 0.2) is 11.6 Å². The van der Waals surface area contributed by atoms with Crippen molar-refractivity contribution in [3.05, 3.63) is 11.6 Å². The molecule has 82 valence electrons. The summed E-state index contributed by atoms with van der Waals surface area (Å²) in [6.07, 6.45) is -9.76. The number of allylic oxidation sites excluding steroid dienone is 2. The molecule has 14 heavy (non-hydrogen) atoms. The van der Waals surface area contributed by atoms with Gasteiger partial charge in [-0.05, 0) is 19.3 Å². The van der Waals surface area contributed by atoms with Crippen LogP contribution in [0.5, 0.6) is 0 Å². The maximum Gasteiger partial charge on any atom is 0.412 e. The number of alkyl halides is 6. The Hall–Kier alpha value is -0.680. The van der Waals surface area contributed by atoms with Crippen LogP contribution in [0.2, 0.25) is 0 Å². The summed E-state index contributed by atoms with van der Waals surface area (Å²) in [5, 5.41) is 0. The average Bonchev–Trinajstić information content (AvgIpc) is 2.01. The fraction of sp³-hybridized carbons (Fsp3) is 0.750. The lowest BCUT2D eigenvalue weighted by Crippen LogP contribution is -2.26. The van der Waals surface area contributed by atoms with E-state index < -0.39 is 43.1 Å². The molecule has 0 nitrogen and oxygen atoms in total. The largest absolute Gasteiger partial charge is 0.412 e. The van der Waals surface area contributed by atoms with Crippen LogP contribution in [0.4, 0.5) is 26.3 Å². The van der Waals surface area contributed by atoms with E-state index in [1.807, 2.05) is 0 Å². The Kier molecular flexibility index (Phi) is 2.83. The van der Waals surface area contributed by atoms with E-state index in [2.05, 4.69) is 0 Å². The minimum atomic E-state index is -4.48. The first kappa shape index (κ1) is 11.4. The van der Waals surface area contributed by atoms with Gasteiger partial charge in [0.05, 0.1) is 5.92 Å². The fourth-order valence-corrected chi connectivity index (χ4v) is 1.39. The van der Waals surface area contributed by atoms with Gasteiger partial charge in [0.15, 0.2) is 0 Å². The zero-order valence-electron chi connectivity index (χ0n) is 7.04. The normalized spacial score (nSPS) is 24.7. The summed E-state index contributed by atoms with van der Waals surface area (Å²) in [7, 11) is 0. The summed E-state index contributed by atoms with van der Waals surface area (Å²) in [5.74, 6) is -1.62. The van der Waals surface area contributed by atoms with Crippen LogP contribution in [0.3, 0.4) is 0 Å². The van der Waals surface area contributed by atoms with Crippen molar-refractivity contribution in [3.63, 3.8) is 0 Å². The van der Waals surface area contributed by atoms with E-state index in [1.165, 1.54) is 0 Å². The average molecular weight is 218 g/mol. The molecule has 1 aliphatic carbocycles. The lowest BCUT2D eigenvalue weighted by Gasteiger charge is -2.24. The molecule has 0 aromatic rings. The van der Waals surface area contributed by atoms with Gasteiger partial charge in [-0.1, -0.05) is 6.08 Å². The summed E-state index contributed by atoms with van der Waals surface area (Å²) in [5.41, 5.74) is -0.835. The third-order valence-corrected chi connectivity index (χ3v) is 2.24. The minimum Gasteiger partial charge on any atom is -0.171 e. The fourth-order valence-electron chi connectivity index (χ4n) is 1.39. The van der Waals surface area contributed by atoms with Gasteiger partial charge in [0.2, 0.25) is 0 Å². The van der Waals surface area contributed by atoms with Crippen molar-refractivity contribution in [3.8, 4) is 0 Å². The van der Waals surface area contributed by atoms with Gasteiger partial charge in [-0.25, -0.2) is 0 Å². The van der Waals surface area contributed by atoms with E-state index in [0.717, 1.165) is 0 Å². The molecule has 0 aromatic heterocycles. The molecule has 0 heterocycles. The maximum atomic E-state index is 12.1. The highest BCUT2D eigenvalue weighted by Crippen LogP contribution is 2.41. The Labute approximate surface area is 76.6 Å². The van der Waals surface area contributed by atoms with Crippen LogP contribution in [-0.4, -0.2) is 12.4 Å². The summed E-state index contributed by atoms with van der Waals surface area (Å²) < 4.78 is 72.2. The molecule has 0 spiro atoms. The minimum absolute atomic E-state index is 0.463. The molecule has 0 aromatic carbocycles. The molecule has 0 saturated heterocycles. The molecule has 0 radical (unpaired) electrons.